The van der Waals surface area contributed by atoms with Crippen LogP contribution in [0, 0.1) is 13.8 Å². The number of aromatic hydroxyl groups is 2. The van der Waals surface area contributed by atoms with E-state index in [9.17, 15) is 10.2 Å². The SMILES string of the molecule is Cc1cc(CSCc2cc(C)c(O)c(C3CCCCC3)c2)cc(C2CCCCC2)c1O. The van der Waals surface area contributed by atoms with Crippen molar-refractivity contribution in [2.24, 2.45) is 0 Å². The molecule has 0 unspecified atom stereocenters. The molecule has 2 aliphatic carbocycles. The molecule has 168 valence electrons. The quantitative estimate of drug-likeness (QED) is 0.477. The Labute approximate surface area is 192 Å². The lowest BCUT2D eigenvalue weighted by molar-refractivity contribution is 0.412. The third-order valence-electron chi connectivity index (χ3n) is 7.41. The van der Waals surface area contributed by atoms with Crippen LogP contribution >= 0.6 is 11.8 Å². The molecule has 2 aromatic rings. The molecule has 2 nitrogen and oxygen atoms in total. The molecule has 0 radical (unpaired) electrons. The summed E-state index contributed by atoms with van der Waals surface area (Å²) in [5, 5.41) is 21.3. The van der Waals surface area contributed by atoms with Crippen molar-refractivity contribution in [3.05, 3.63) is 57.6 Å². The highest BCUT2D eigenvalue weighted by Gasteiger charge is 2.21. The van der Waals surface area contributed by atoms with Crippen LogP contribution < -0.4 is 0 Å². The van der Waals surface area contributed by atoms with Crippen LogP contribution in [0.4, 0.5) is 0 Å². The minimum atomic E-state index is 0.520. The van der Waals surface area contributed by atoms with E-state index in [1.807, 2.05) is 25.6 Å². The normalized spacial score (nSPS) is 18.4. The topological polar surface area (TPSA) is 40.5 Å². The van der Waals surface area contributed by atoms with Gasteiger partial charge < -0.3 is 10.2 Å². The van der Waals surface area contributed by atoms with Crippen molar-refractivity contribution in [1.82, 2.24) is 0 Å². The van der Waals surface area contributed by atoms with Gasteiger partial charge in [0.25, 0.3) is 0 Å². The summed E-state index contributed by atoms with van der Waals surface area (Å²) in [4.78, 5) is 0. The lowest BCUT2D eigenvalue weighted by Crippen LogP contribution is -2.06. The van der Waals surface area contributed by atoms with Crippen LogP contribution in [0.25, 0.3) is 0 Å². The van der Waals surface area contributed by atoms with Gasteiger partial charge in [-0.05, 0) is 84.7 Å². The molecule has 3 heteroatoms. The van der Waals surface area contributed by atoms with Crippen LogP contribution in [-0.2, 0) is 11.5 Å². The van der Waals surface area contributed by atoms with Gasteiger partial charge >= 0.3 is 0 Å². The van der Waals surface area contributed by atoms with Crippen molar-refractivity contribution in [3.63, 3.8) is 0 Å². The lowest BCUT2D eigenvalue weighted by atomic mass is 9.82. The molecule has 0 atom stereocenters. The zero-order valence-electron chi connectivity index (χ0n) is 19.3. The monoisotopic (exact) mass is 438 g/mol. The molecular weight excluding hydrogens is 400 g/mol. The van der Waals surface area contributed by atoms with Crippen molar-refractivity contribution >= 4 is 11.8 Å². The molecule has 0 aliphatic heterocycles. The van der Waals surface area contributed by atoms with Crippen LogP contribution in [0.1, 0.15) is 109 Å². The van der Waals surface area contributed by atoms with Gasteiger partial charge in [-0.15, -0.1) is 0 Å². The maximum atomic E-state index is 10.7. The number of rotatable bonds is 6. The number of thioether (sulfide) groups is 1. The molecule has 2 fully saturated rings. The van der Waals surface area contributed by atoms with Crippen molar-refractivity contribution in [2.45, 2.75) is 101 Å². The van der Waals surface area contributed by atoms with E-state index in [1.54, 1.807) is 0 Å². The number of hydrogen-bond acceptors (Lipinski definition) is 3. The first kappa shape index (κ1) is 22.6. The zero-order chi connectivity index (χ0) is 21.8. The van der Waals surface area contributed by atoms with Crippen molar-refractivity contribution in [3.8, 4) is 11.5 Å². The average Bonchev–Trinajstić information content (AvgIpc) is 2.79. The Morgan fingerprint density at radius 3 is 1.42 bits per heavy atom. The van der Waals surface area contributed by atoms with E-state index in [0.29, 0.717) is 23.3 Å². The van der Waals surface area contributed by atoms with E-state index in [-0.39, 0.29) is 0 Å². The summed E-state index contributed by atoms with van der Waals surface area (Å²) in [6.07, 6.45) is 12.6. The molecule has 2 N–H and O–H groups in total. The first-order valence-electron chi connectivity index (χ1n) is 12.3. The zero-order valence-corrected chi connectivity index (χ0v) is 20.1. The molecule has 4 rings (SSSR count). The molecular formula is C28H38O2S. The van der Waals surface area contributed by atoms with Crippen molar-refractivity contribution < 1.29 is 10.2 Å². The molecule has 2 aromatic carbocycles. The Morgan fingerprint density at radius 1 is 0.645 bits per heavy atom. The first-order chi connectivity index (χ1) is 15.0. The van der Waals surface area contributed by atoms with Gasteiger partial charge in [0.1, 0.15) is 11.5 Å². The summed E-state index contributed by atoms with van der Waals surface area (Å²) in [6, 6.07) is 8.84. The van der Waals surface area contributed by atoms with Gasteiger partial charge in [-0.3, -0.25) is 0 Å². The molecule has 2 aliphatic rings. The Balaban J connectivity index is 1.44. The smallest absolute Gasteiger partial charge is 0.121 e. The summed E-state index contributed by atoms with van der Waals surface area (Å²) < 4.78 is 0. The second-order valence-electron chi connectivity index (χ2n) is 9.86. The molecule has 0 heterocycles. The van der Waals surface area contributed by atoms with E-state index in [1.165, 1.54) is 86.5 Å². The molecule has 0 bridgehead atoms. The highest BCUT2D eigenvalue weighted by atomic mass is 32.2. The second kappa shape index (κ2) is 10.3. The number of phenols is 2. The van der Waals surface area contributed by atoms with Crippen molar-refractivity contribution in [1.29, 1.82) is 0 Å². The number of aryl methyl sites for hydroxylation is 2. The van der Waals surface area contributed by atoms with Gasteiger partial charge in [-0.25, -0.2) is 0 Å². The van der Waals surface area contributed by atoms with Gasteiger partial charge in [0.2, 0.25) is 0 Å². The molecule has 2 saturated carbocycles. The third kappa shape index (κ3) is 5.42. The number of hydrogen-bond donors (Lipinski definition) is 2. The van der Waals surface area contributed by atoms with Crippen LogP contribution in [0.3, 0.4) is 0 Å². The fraction of sp³-hybridized carbons (Fsp3) is 0.571. The van der Waals surface area contributed by atoms with Gasteiger partial charge in [-0.2, -0.15) is 11.8 Å². The fourth-order valence-electron chi connectivity index (χ4n) is 5.67. The average molecular weight is 439 g/mol. The molecule has 0 saturated heterocycles. The Bertz CT molecular complexity index is 819. The Hall–Kier alpha value is -1.61. The minimum absolute atomic E-state index is 0.520. The van der Waals surface area contributed by atoms with E-state index in [0.717, 1.165) is 22.6 Å². The van der Waals surface area contributed by atoms with Crippen LogP contribution in [0.2, 0.25) is 0 Å². The van der Waals surface area contributed by atoms with Crippen molar-refractivity contribution in [2.75, 3.05) is 0 Å². The summed E-state index contributed by atoms with van der Waals surface area (Å²) in [5.74, 6) is 4.00. The maximum Gasteiger partial charge on any atom is 0.121 e. The molecule has 0 spiro atoms. The van der Waals surface area contributed by atoms with Gasteiger partial charge in [0.15, 0.2) is 0 Å². The van der Waals surface area contributed by atoms with Gasteiger partial charge in [-0.1, -0.05) is 62.8 Å². The Kier molecular flexibility index (Phi) is 7.53. The summed E-state index contributed by atoms with van der Waals surface area (Å²) in [6.45, 7) is 4.07. The highest BCUT2D eigenvalue weighted by Crippen LogP contribution is 2.41. The van der Waals surface area contributed by atoms with E-state index in [4.69, 9.17) is 0 Å². The van der Waals surface area contributed by atoms with Crippen LogP contribution in [0.15, 0.2) is 24.3 Å². The fourth-order valence-corrected chi connectivity index (χ4v) is 6.58. The molecule has 0 aromatic heterocycles. The van der Waals surface area contributed by atoms with Crippen LogP contribution in [0.5, 0.6) is 11.5 Å². The lowest BCUT2D eigenvalue weighted by Gasteiger charge is -2.24. The number of phenolic OH excluding ortho intramolecular Hbond substituents is 2. The standard InChI is InChI=1S/C28H38O2S/c1-19-13-21(15-25(27(19)29)23-9-5-3-6-10-23)17-31-18-22-14-20(2)28(30)26(16-22)24-11-7-4-8-12-24/h13-16,23-24,29-30H,3-12,17-18H2,1-2H3. The van der Waals surface area contributed by atoms with E-state index in [2.05, 4.69) is 24.3 Å². The highest BCUT2D eigenvalue weighted by molar-refractivity contribution is 7.97. The summed E-state index contributed by atoms with van der Waals surface area (Å²) in [7, 11) is 0. The predicted octanol–water partition coefficient (Wildman–Crippen LogP) is 8.24. The number of benzene rings is 2. The Morgan fingerprint density at radius 2 is 1.03 bits per heavy atom. The molecule has 31 heavy (non-hydrogen) atoms. The first-order valence-corrected chi connectivity index (χ1v) is 13.4. The largest absolute Gasteiger partial charge is 0.507 e. The summed E-state index contributed by atoms with van der Waals surface area (Å²) >= 11 is 1.94. The second-order valence-corrected chi connectivity index (χ2v) is 10.8. The molecule has 0 amide bonds. The van der Waals surface area contributed by atoms with E-state index >= 15 is 0 Å². The third-order valence-corrected chi connectivity index (χ3v) is 8.48. The summed E-state index contributed by atoms with van der Waals surface area (Å²) in [5.41, 5.74) is 7.02. The minimum Gasteiger partial charge on any atom is -0.507 e. The predicted molar refractivity (Wildman–Crippen MR) is 132 cm³/mol. The van der Waals surface area contributed by atoms with Crippen LogP contribution in [-0.4, -0.2) is 10.2 Å². The van der Waals surface area contributed by atoms with Gasteiger partial charge in [0, 0.05) is 11.5 Å². The van der Waals surface area contributed by atoms with Gasteiger partial charge in [0.05, 0.1) is 0 Å². The van der Waals surface area contributed by atoms with E-state index < -0.39 is 0 Å². The maximum absolute atomic E-state index is 10.7.